The largest absolute Gasteiger partial charge is 0.347 e. The van der Waals surface area contributed by atoms with Crippen molar-refractivity contribution in [3.63, 3.8) is 0 Å². The van der Waals surface area contributed by atoms with Crippen LogP contribution in [0, 0.1) is 0 Å². The Morgan fingerprint density at radius 1 is 1.18 bits per heavy atom. The van der Waals surface area contributed by atoms with Crippen LogP contribution in [-0.2, 0) is 6.54 Å². The Bertz CT molecular complexity index is 783. The van der Waals surface area contributed by atoms with Gasteiger partial charge in [0.2, 0.25) is 0 Å². The van der Waals surface area contributed by atoms with Gasteiger partial charge in [0.15, 0.2) is 0 Å². The van der Waals surface area contributed by atoms with Crippen molar-refractivity contribution in [1.29, 1.82) is 0 Å². The van der Waals surface area contributed by atoms with E-state index in [1.165, 1.54) is 0 Å². The molecule has 110 valence electrons. The van der Waals surface area contributed by atoms with E-state index in [0.717, 1.165) is 11.3 Å². The fourth-order valence-corrected chi connectivity index (χ4v) is 2.42. The zero-order valence-electron chi connectivity index (χ0n) is 11.7. The summed E-state index contributed by atoms with van der Waals surface area (Å²) in [5, 5.41) is 3.56. The van der Waals surface area contributed by atoms with Crippen LogP contribution in [0.15, 0.2) is 67.1 Å². The topological polar surface area (TPSA) is 46.9 Å². The number of rotatable bonds is 4. The van der Waals surface area contributed by atoms with Crippen molar-refractivity contribution in [2.75, 3.05) is 0 Å². The number of hydrogen-bond donors (Lipinski definition) is 1. The van der Waals surface area contributed by atoms with Gasteiger partial charge in [-0.2, -0.15) is 0 Å². The lowest BCUT2D eigenvalue weighted by molar-refractivity contribution is 0.0944. The molecule has 2 aromatic heterocycles. The van der Waals surface area contributed by atoms with E-state index in [1.807, 2.05) is 42.6 Å². The number of carbonyl (C=O) groups is 1. The van der Waals surface area contributed by atoms with Crippen LogP contribution in [0.2, 0.25) is 5.02 Å². The zero-order valence-corrected chi connectivity index (χ0v) is 12.5. The molecule has 2 heterocycles. The number of aromatic nitrogens is 2. The van der Waals surface area contributed by atoms with Gasteiger partial charge in [-0.1, -0.05) is 23.7 Å². The monoisotopic (exact) mass is 311 g/mol. The summed E-state index contributed by atoms with van der Waals surface area (Å²) in [6.07, 6.45) is 5.25. The molecule has 1 amide bonds. The van der Waals surface area contributed by atoms with Gasteiger partial charge in [0.1, 0.15) is 5.69 Å². The standard InChI is InChI=1S/C17H14ClN3O/c18-14-5-1-4-13(10-14)11-20-17(22)16-7-3-9-21(16)15-6-2-8-19-12-15/h1-10,12H,11H2,(H,20,22). The van der Waals surface area contributed by atoms with Crippen molar-refractivity contribution in [3.05, 3.63) is 83.4 Å². The maximum atomic E-state index is 12.4. The number of benzene rings is 1. The molecule has 5 heteroatoms. The van der Waals surface area contributed by atoms with Gasteiger partial charge >= 0.3 is 0 Å². The normalized spacial score (nSPS) is 10.4. The van der Waals surface area contributed by atoms with Crippen molar-refractivity contribution >= 4 is 17.5 Å². The zero-order chi connectivity index (χ0) is 15.4. The molecule has 0 unspecified atom stereocenters. The maximum Gasteiger partial charge on any atom is 0.268 e. The molecule has 0 fully saturated rings. The first-order valence-corrected chi connectivity index (χ1v) is 7.22. The molecule has 0 saturated carbocycles. The molecule has 0 saturated heterocycles. The second-order valence-corrected chi connectivity index (χ2v) is 5.22. The summed E-state index contributed by atoms with van der Waals surface area (Å²) in [5.41, 5.74) is 2.37. The van der Waals surface area contributed by atoms with Gasteiger partial charge in [-0.25, -0.2) is 0 Å². The summed E-state index contributed by atoms with van der Waals surface area (Å²) in [5.74, 6) is -0.145. The minimum absolute atomic E-state index is 0.145. The average Bonchev–Trinajstić information content (AvgIpc) is 3.03. The molecule has 4 nitrogen and oxygen atoms in total. The highest BCUT2D eigenvalue weighted by atomic mass is 35.5. The summed E-state index contributed by atoms with van der Waals surface area (Å²) in [7, 11) is 0. The Hall–Kier alpha value is -2.59. The van der Waals surface area contributed by atoms with E-state index in [0.29, 0.717) is 17.3 Å². The quantitative estimate of drug-likeness (QED) is 0.802. The maximum absolute atomic E-state index is 12.4. The number of amides is 1. The summed E-state index contributed by atoms with van der Waals surface area (Å²) in [6.45, 7) is 0.428. The van der Waals surface area contributed by atoms with E-state index in [1.54, 1.807) is 29.1 Å². The van der Waals surface area contributed by atoms with Crippen LogP contribution in [0.25, 0.3) is 5.69 Å². The van der Waals surface area contributed by atoms with E-state index in [2.05, 4.69) is 10.3 Å². The summed E-state index contributed by atoms with van der Waals surface area (Å²) < 4.78 is 1.81. The Kier molecular flexibility index (Phi) is 4.21. The molecule has 3 rings (SSSR count). The van der Waals surface area contributed by atoms with Crippen LogP contribution < -0.4 is 5.32 Å². The molecule has 0 aliphatic carbocycles. The van der Waals surface area contributed by atoms with Crippen LogP contribution >= 0.6 is 11.6 Å². The summed E-state index contributed by atoms with van der Waals surface area (Å²) in [6, 6.07) is 14.8. The third-order valence-corrected chi connectivity index (χ3v) is 3.48. The van der Waals surface area contributed by atoms with Gasteiger partial charge in [0.05, 0.1) is 11.9 Å². The van der Waals surface area contributed by atoms with Crippen molar-refractivity contribution < 1.29 is 4.79 Å². The number of nitrogens with one attached hydrogen (secondary N) is 1. The Labute approximate surface area is 133 Å². The lowest BCUT2D eigenvalue weighted by atomic mass is 10.2. The number of carbonyl (C=O) groups excluding carboxylic acids is 1. The van der Waals surface area contributed by atoms with Crippen molar-refractivity contribution in [3.8, 4) is 5.69 Å². The molecular weight excluding hydrogens is 298 g/mol. The minimum Gasteiger partial charge on any atom is -0.347 e. The van der Waals surface area contributed by atoms with Gasteiger partial charge in [0, 0.05) is 24.0 Å². The molecule has 0 atom stereocenters. The van der Waals surface area contributed by atoms with Gasteiger partial charge in [-0.15, -0.1) is 0 Å². The van der Waals surface area contributed by atoms with Gasteiger partial charge in [0.25, 0.3) is 5.91 Å². The summed E-state index contributed by atoms with van der Waals surface area (Å²) in [4.78, 5) is 16.5. The molecule has 22 heavy (non-hydrogen) atoms. The average molecular weight is 312 g/mol. The van der Waals surface area contributed by atoms with Crippen LogP contribution in [0.3, 0.4) is 0 Å². The lowest BCUT2D eigenvalue weighted by Gasteiger charge is -2.09. The molecule has 3 aromatic rings. The predicted octanol–water partition coefficient (Wildman–Crippen LogP) is 3.46. The van der Waals surface area contributed by atoms with Crippen LogP contribution in [0.5, 0.6) is 0 Å². The van der Waals surface area contributed by atoms with E-state index in [4.69, 9.17) is 11.6 Å². The fraction of sp³-hybridized carbons (Fsp3) is 0.0588. The fourth-order valence-electron chi connectivity index (χ4n) is 2.21. The second-order valence-electron chi connectivity index (χ2n) is 4.79. The number of nitrogens with zero attached hydrogens (tertiary/aromatic N) is 2. The number of pyridine rings is 1. The summed E-state index contributed by atoms with van der Waals surface area (Å²) >= 11 is 5.94. The van der Waals surface area contributed by atoms with Crippen molar-refractivity contribution in [2.45, 2.75) is 6.54 Å². The van der Waals surface area contributed by atoms with Crippen LogP contribution in [0.1, 0.15) is 16.1 Å². The molecule has 0 aliphatic heterocycles. The van der Waals surface area contributed by atoms with E-state index in [9.17, 15) is 4.79 Å². The number of halogens is 1. The molecule has 0 radical (unpaired) electrons. The third kappa shape index (κ3) is 3.18. The van der Waals surface area contributed by atoms with Crippen molar-refractivity contribution in [1.82, 2.24) is 14.9 Å². The molecule has 1 aromatic carbocycles. The highest BCUT2D eigenvalue weighted by Gasteiger charge is 2.11. The molecule has 0 bridgehead atoms. The van der Waals surface area contributed by atoms with Gasteiger partial charge < -0.3 is 9.88 Å². The first-order chi connectivity index (χ1) is 10.7. The van der Waals surface area contributed by atoms with E-state index >= 15 is 0 Å². The molecular formula is C17H14ClN3O. The molecule has 1 N–H and O–H groups in total. The molecule has 0 aliphatic rings. The third-order valence-electron chi connectivity index (χ3n) is 3.25. The lowest BCUT2D eigenvalue weighted by Crippen LogP contribution is -2.25. The minimum atomic E-state index is -0.145. The van der Waals surface area contributed by atoms with Crippen LogP contribution in [-0.4, -0.2) is 15.5 Å². The molecule has 0 spiro atoms. The van der Waals surface area contributed by atoms with Crippen LogP contribution in [0.4, 0.5) is 0 Å². The van der Waals surface area contributed by atoms with E-state index < -0.39 is 0 Å². The van der Waals surface area contributed by atoms with E-state index in [-0.39, 0.29) is 5.91 Å². The highest BCUT2D eigenvalue weighted by Crippen LogP contribution is 2.13. The SMILES string of the molecule is O=C(NCc1cccc(Cl)c1)c1cccn1-c1cccnc1. The smallest absolute Gasteiger partial charge is 0.268 e. The van der Waals surface area contributed by atoms with Gasteiger partial charge in [-0.05, 0) is 42.0 Å². The Balaban J connectivity index is 1.75. The second kappa shape index (κ2) is 6.45. The first-order valence-electron chi connectivity index (χ1n) is 6.84. The first kappa shape index (κ1) is 14.4. The number of hydrogen-bond acceptors (Lipinski definition) is 2. The Morgan fingerprint density at radius 2 is 2.09 bits per heavy atom. The highest BCUT2D eigenvalue weighted by molar-refractivity contribution is 6.30. The van der Waals surface area contributed by atoms with Crippen molar-refractivity contribution in [2.24, 2.45) is 0 Å². The predicted molar refractivity (Wildman–Crippen MR) is 86.2 cm³/mol. The van der Waals surface area contributed by atoms with Gasteiger partial charge in [-0.3, -0.25) is 9.78 Å². The Morgan fingerprint density at radius 3 is 2.86 bits per heavy atom.